The van der Waals surface area contributed by atoms with E-state index in [2.05, 4.69) is 40.3 Å². The number of hydrogen-bond acceptors (Lipinski definition) is 5. The molecule has 2 heterocycles. The lowest BCUT2D eigenvalue weighted by molar-refractivity contribution is 0.159. The van der Waals surface area contributed by atoms with Crippen molar-refractivity contribution >= 4 is 27.3 Å². The molecule has 1 aliphatic heterocycles. The number of hydrogen-bond donors (Lipinski definition) is 1. The van der Waals surface area contributed by atoms with Crippen LogP contribution in [-0.2, 0) is 0 Å². The fourth-order valence-corrected chi connectivity index (χ4v) is 3.81. The van der Waals surface area contributed by atoms with E-state index in [9.17, 15) is 0 Å². The molecule has 0 bridgehead atoms. The van der Waals surface area contributed by atoms with Crippen molar-refractivity contribution in [3.63, 3.8) is 0 Å². The van der Waals surface area contributed by atoms with Gasteiger partial charge in [-0.3, -0.25) is 0 Å². The molecule has 0 fully saturated rings. The minimum Gasteiger partial charge on any atom is -0.481 e. The minimum absolute atomic E-state index is 0.00829. The molecule has 0 saturated carbocycles. The molecular formula is C16H18BrNO3S. The summed E-state index contributed by atoms with van der Waals surface area (Å²) in [7, 11) is 0. The summed E-state index contributed by atoms with van der Waals surface area (Å²) in [6, 6.07) is 9.90. The van der Waals surface area contributed by atoms with Gasteiger partial charge in [0.15, 0.2) is 11.5 Å². The van der Waals surface area contributed by atoms with Gasteiger partial charge in [-0.25, -0.2) is 0 Å². The summed E-state index contributed by atoms with van der Waals surface area (Å²) in [5, 5.41) is 3.35. The third-order valence-electron chi connectivity index (χ3n) is 3.37. The van der Waals surface area contributed by atoms with Crippen LogP contribution in [0.3, 0.4) is 0 Å². The Morgan fingerprint density at radius 1 is 1.32 bits per heavy atom. The molecule has 0 spiro atoms. The predicted molar refractivity (Wildman–Crippen MR) is 91.1 cm³/mol. The van der Waals surface area contributed by atoms with Gasteiger partial charge in [0.2, 0.25) is 12.5 Å². The molecule has 1 aromatic carbocycles. The van der Waals surface area contributed by atoms with Crippen LogP contribution < -0.4 is 19.5 Å². The Bertz CT molecular complexity index is 632. The van der Waals surface area contributed by atoms with Crippen molar-refractivity contribution in [2.75, 3.05) is 19.9 Å². The normalized spacial score (nSPS) is 14.1. The first-order chi connectivity index (χ1) is 10.8. The van der Waals surface area contributed by atoms with E-state index >= 15 is 0 Å². The monoisotopic (exact) mass is 383 g/mol. The topological polar surface area (TPSA) is 39.7 Å². The molecule has 4 nitrogen and oxygen atoms in total. The van der Waals surface area contributed by atoms with Gasteiger partial charge in [-0.05, 0) is 53.3 Å². The summed E-state index contributed by atoms with van der Waals surface area (Å²) in [6.45, 7) is 4.22. The minimum atomic E-state index is -0.00829. The highest BCUT2D eigenvalue weighted by molar-refractivity contribution is 9.11. The van der Waals surface area contributed by atoms with E-state index in [-0.39, 0.29) is 12.9 Å². The quantitative estimate of drug-likeness (QED) is 0.721. The van der Waals surface area contributed by atoms with Crippen molar-refractivity contribution in [1.29, 1.82) is 0 Å². The Morgan fingerprint density at radius 3 is 3.00 bits per heavy atom. The largest absolute Gasteiger partial charge is 0.481 e. The first kappa shape index (κ1) is 15.6. The SMILES string of the molecule is CCNCC[C@H](Oc1cccc2c1OCO2)c1ccc(Br)s1. The van der Waals surface area contributed by atoms with E-state index in [4.69, 9.17) is 14.2 Å². The molecule has 1 aromatic heterocycles. The second kappa shape index (κ2) is 7.35. The Morgan fingerprint density at radius 2 is 2.23 bits per heavy atom. The van der Waals surface area contributed by atoms with Gasteiger partial charge in [-0.15, -0.1) is 11.3 Å². The second-order valence-electron chi connectivity index (χ2n) is 4.88. The van der Waals surface area contributed by atoms with Crippen LogP contribution in [0.4, 0.5) is 0 Å². The van der Waals surface area contributed by atoms with E-state index < -0.39 is 0 Å². The molecule has 1 N–H and O–H groups in total. The number of rotatable bonds is 7. The van der Waals surface area contributed by atoms with E-state index in [1.54, 1.807) is 11.3 Å². The number of thiophene rings is 1. The maximum absolute atomic E-state index is 6.25. The van der Waals surface area contributed by atoms with Crippen LogP contribution in [0.15, 0.2) is 34.1 Å². The first-order valence-electron chi connectivity index (χ1n) is 7.29. The summed E-state index contributed by atoms with van der Waals surface area (Å²) < 4.78 is 18.3. The predicted octanol–water partition coefficient (Wildman–Crippen LogP) is 4.36. The molecule has 0 amide bonds. The smallest absolute Gasteiger partial charge is 0.231 e. The zero-order valence-electron chi connectivity index (χ0n) is 12.3. The molecule has 2 aromatic rings. The van der Waals surface area contributed by atoms with Crippen LogP contribution in [0.2, 0.25) is 0 Å². The zero-order chi connectivity index (χ0) is 15.4. The van der Waals surface area contributed by atoms with Crippen LogP contribution >= 0.6 is 27.3 Å². The Labute approximate surface area is 142 Å². The van der Waals surface area contributed by atoms with Gasteiger partial charge in [0.05, 0.1) is 3.79 Å². The van der Waals surface area contributed by atoms with Crippen LogP contribution in [0, 0.1) is 0 Å². The molecule has 118 valence electrons. The molecule has 1 atom stereocenters. The number of nitrogens with one attached hydrogen (secondary N) is 1. The summed E-state index contributed by atoms with van der Waals surface area (Å²) >= 11 is 5.22. The van der Waals surface area contributed by atoms with Crippen LogP contribution in [0.25, 0.3) is 0 Å². The number of para-hydroxylation sites is 1. The Hall–Kier alpha value is -1.24. The average Bonchev–Trinajstić information content (AvgIpc) is 3.15. The Kier molecular flexibility index (Phi) is 5.23. The number of benzene rings is 1. The molecule has 1 aliphatic rings. The van der Waals surface area contributed by atoms with Crippen molar-refractivity contribution in [1.82, 2.24) is 5.32 Å². The average molecular weight is 384 g/mol. The van der Waals surface area contributed by atoms with Gasteiger partial charge in [-0.2, -0.15) is 0 Å². The van der Waals surface area contributed by atoms with Gasteiger partial charge in [-0.1, -0.05) is 13.0 Å². The van der Waals surface area contributed by atoms with Gasteiger partial charge in [0, 0.05) is 11.3 Å². The van der Waals surface area contributed by atoms with Crippen molar-refractivity contribution in [3.8, 4) is 17.2 Å². The summed E-state index contributed by atoms with van der Waals surface area (Å²) in [4.78, 5) is 1.20. The lowest BCUT2D eigenvalue weighted by Gasteiger charge is -2.19. The lowest BCUT2D eigenvalue weighted by Crippen LogP contribution is -2.19. The maximum Gasteiger partial charge on any atom is 0.231 e. The third-order valence-corrected chi connectivity index (χ3v) is 5.09. The highest BCUT2D eigenvalue weighted by Gasteiger charge is 2.22. The van der Waals surface area contributed by atoms with Crippen molar-refractivity contribution in [2.24, 2.45) is 0 Å². The van der Waals surface area contributed by atoms with Crippen LogP contribution in [0.1, 0.15) is 24.3 Å². The highest BCUT2D eigenvalue weighted by atomic mass is 79.9. The van der Waals surface area contributed by atoms with Gasteiger partial charge in [0.25, 0.3) is 0 Å². The maximum atomic E-state index is 6.25. The number of ether oxygens (including phenoxy) is 3. The Balaban J connectivity index is 1.79. The van der Waals surface area contributed by atoms with Gasteiger partial charge in [0.1, 0.15) is 6.10 Å². The molecule has 0 unspecified atom stereocenters. The molecule has 6 heteroatoms. The van der Waals surface area contributed by atoms with Crippen LogP contribution in [-0.4, -0.2) is 19.9 Å². The second-order valence-corrected chi connectivity index (χ2v) is 7.38. The van der Waals surface area contributed by atoms with Gasteiger partial charge < -0.3 is 19.5 Å². The molecule has 0 aliphatic carbocycles. The fraction of sp³-hybridized carbons (Fsp3) is 0.375. The first-order valence-corrected chi connectivity index (χ1v) is 8.90. The fourth-order valence-electron chi connectivity index (χ4n) is 2.32. The van der Waals surface area contributed by atoms with E-state index in [1.807, 2.05) is 18.2 Å². The van der Waals surface area contributed by atoms with Gasteiger partial charge >= 0.3 is 0 Å². The molecule has 0 saturated heterocycles. The highest BCUT2D eigenvalue weighted by Crippen LogP contribution is 2.43. The third kappa shape index (κ3) is 3.56. The van der Waals surface area contributed by atoms with Crippen molar-refractivity contribution < 1.29 is 14.2 Å². The summed E-state index contributed by atoms with van der Waals surface area (Å²) in [5.41, 5.74) is 0. The molecular weight excluding hydrogens is 366 g/mol. The van der Waals surface area contributed by atoms with E-state index in [1.165, 1.54) is 4.88 Å². The van der Waals surface area contributed by atoms with Crippen molar-refractivity contribution in [3.05, 3.63) is 39.0 Å². The molecule has 0 radical (unpaired) electrons. The number of fused-ring (bicyclic) bond motifs is 1. The standard InChI is InChI=1S/C16H18BrNO3S/c1-2-18-9-8-11(14-6-7-15(17)22-14)21-13-5-3-4-12-16(13)20-10-19-12/h3-7,11,18H,2,8-10H2,1H3/t11-/m0/s1. The summed E-state index contributed by atoms with van der Waals surface area (Å²) in [6.07, 6.45) is 0.886. The van der Waals surface area contributed by atoms with E-state index in [0.717, 1.165) is 34.8 Å². The van der Waals surface area contributed by atoms with Crippen molar-refractivity contribution in [2.45, 2.75) is 19.4 Å². The molecule has 3 rings (SSSR count). The zero-order valence-corrected chi connectivity index (χ0v) is 14.7. The van der Waals surface area contributed by atoms with Crippen LogP contribution in [0.5, 0.6) is 17.2 Å². The van der Waals surface area contributed by atoms with E-state index in [0.29, 0.717) is 5.75 Å². The lowest BCUT2D eigenvalue weighted by atomic mass is 10.2. The number of halogens is 1. The summed E-state index contributed by atoms with van der Waals surface area (Å²) in [5.74, 6) is 2.18. The molecule has 22 heavy (non-hydrogen) atoms.